The Morgan fingerprint density at radius 1 is 1.06 bits per heavy atom. The van der Waals surface area contributed by atoms with Gasteiger partial charge in [-0.2, -0.15) is 0 Å². The lowest BCUT2D eigenvalue weighted by atomic mass is 10.1. The Balaban J connectivity index is 1.71. The zero-order valence-electron chi connectivity index (χ0n) is 20.7. The molecule has 7 nitrogen and oxygen atoms in total. The highest BCUT2D eigenvalue weighted by Gasteiger charge is 2.19. The van der Waals surface area contributed by atoms with Crippen LogP contribution in [0.4, 0.5) is 5.69 Å². The fraction of sp³-hybridized carbons (Fsp3) is 0.241. The van der Waals surface area contributed by atoms with Gasteiger partial charge in [0.25, 0.3) is 0 Å². The average molecular weight is 485 g/mol. The summed E-state index contributed by atoms with van der Waals surface area (Å²) in [5, 5.41) is 11.7. The van der Waals surface area contributed by atoms with Gasteiger partial charge in [-0.3, -0.25) is 0 Å². The number of esters is 1. The molecular formula is C29H32N4O3. The smallest absolute Gasteiger partial charge is 0.338 e. The highest BCUT2D eigenvalue weighted by Crippen LogP contribution is 2.32. The van der Waals surface area contributed by atoms with Crippen LogP contribution in [0.25, 0.3) is 10.9 Å². The Bertz CT molecular complexity index is 1340. The maximum Gasteiger partial charge on any atom is 0.338 e. The van der Waals surface area contributed by atoms with E-state index in [0.29, 0.717) is 41.0 Å². The first-order valence-corrected chi connectivity index (χ1v) is 12.1. The maximum absolute atomic E-state index is 12.2. The van der Waals surface area contributed by atoms with E-state index in [1.807, 2.05) is 42.5 Å². The average Bonchev–Trinajstić information content (AvgIpc) is 3.23. The van der Waals surface area contributed by atoms with Crippen LogP contribution in [-0.4, -0.2) is 53.4 Å². The molecule has 1 aromatic heterocycles. The molecule has 7 heteroatoms. The van der Waals surface area contributed by atoms with Gasteiger partial charge >= 0.3 is 5.97 Å². The predicted octanol–water partition coefficient (Wildman–Crippen LogP) is 5.00. The molecule has 4 N–H and O–H groups in total. The second-order valence-corrected chi connectivity index (χ2v) is 8.70. The van der Waals surface area contributed by atoms with E-state index in [9.17, 15) is 9.90 Å². The number of hydrogen-bond donors (Lipinski definition) is 3. The number of rotatable bonds is 10. The number of nitrogens with two attached hydrogens (primary N) is 1. The van der Waals surface area contributed by atoms with E-state index in [4.69, 9.17) is 15.5 Å². The van der Waals surface area contributed by atoms with E-state index in [0.717, 1.165) is 30.8 Å². The Morgan fingerprint density at radius 3 is 2.50 bits per heavy atom. The molecule has 4 aromatic rings. The molecule has 0 fully saturated rings. The molecule has 3 aromatic carbocycles. The van der Waals surface area contributed by atoms with E-state index in [1.54, 1.807) is 25.1 Å². The van der Waals surface area contributed by atoms with Crippen LogP contribution in [0.3, 0.4) is 0 Å². The van der Waals surface area contributed by atoms with Crippen molar-refractivity contribution in [2.24, 2.45) is 10.7 Å². The van der Waals surface area contributed by atoms with E-state index in [1.165, 1.54) is 5.56 Å². The van der Waals surface area contributed by atoms with Gasteiger partial charge in [0.1, 0.15) is 5.69 Å². The zero-order chi connectivity index (χ0) is 25.5. The van der Waals surface area contributed by atoms with Crippen molar-refractivity contribution in [2.75, 3.05) is 26.7 Å². The molecule has 0 amide bonds. The third-order valence-electron chi connectivity index (χ3n) is 5.94. The number of nitrogens with zero attached hydrogens (tertiary/aromatic N) is 2. The van der Waals surface area contributed by atoms with Gasteiger partial charge < -0.3 is 25.5 Å². The molecule has 0 radical (unpaired) electrons. The van der Waals surface area contributed by atoms with E-state index in [2.05, 4.69) is 29.1 Å². The number of aromatic hydroxyl groups is 1. The minimum Gasteiger partial charge on any atom is -0.505 e. The number of aromatic nitrogens is 1. The van der Waals surface area contributed by atoms with Crippen LogP contribution in [0.1, 0.15) is 40.5 Å². The van der Waals surface area contributed by atoms with Crippen LogP contribution in [-0.2, 0) is 11.3 Å². The second-order valence-electron chi connectivity index (χ2n) is 8.70. The van der Waals surface area contributed by atoms with Crippen molar-refractivity contribution in [2.45, 2.75) is 19.9 Å². The van der Waals surface area contributed by atoms with Crippen LogP contribution in [0.2, 0.25) is 0 Å². The number of carbonyl (C=O) groups is 1. The Labute approximate surface area is 211 Å². The molecule has 0 bridgehead atoms. The first kappa shape index (κ1) is 25.2. The minimum atomic E-state index is -0.402. The Kier molecular flexibility index (Phi) is 8.15. The monoisotopic (exact) mass is 484 g/mol. The van der Waals surface area contributed by atoms with Gasteiger partial charge in [-0.15, -0.1) is 0 Å². The summed E-state index contributed by atoms with van der Waals surface area (Å²) in [4.78, 5) is 22.6. The van der Waals surface area contributed by atoms with E-state index < -0.39 is 5.97 Å². The van der Waals surface area contributed by atoms with Crippen molar-refractivity contribution >= 4 is 28.3 Å². The SMILES string of the molecule is CCOC(=O)c1ccc2c(O)c(C(=Nc3ccc(CN(C)CCCN)cc3)c3ccccc3)[nH]c2c1. The molecule has 186 valence electrons. The number of hydrogen-bond acceptors (Lipinski definition) is 6. The highest BCUT2D eigenvalue weighted by molar-refractivity contribution is 6.17. The predicted molar refractivity (Wildman–Crippen MR) is 144 cm³/mol. The quantitative estimate of drug-likeness (QED) is 0.217. The number of H-pyrrole nitrogens is 1. The lowest BCUT2D eigenvalue weighted by Crippen LogP contribution is -2.21. The standard InChI is InChI=1S/C29H32N4O3/c1-3-36-29(35)22-12-15-24-25(18-22)32-27(28(24)34)26(21-8-5-4-6-9-21)31-23-13-10-20(11-14-23)19-33(2)17-7-16-30/h4-6,8-15,18,32,34H,3,7,16-17,19,30H2,1-2H3. The molecule has 0 saturated heterocycles. The molecule has 0 spiro atoms. The van der Waals surface area contributed by atoms with Crippen molar-refractivity contribution in [1.82, 2.24) is 9.88 Å². The number of benzene rings is 3. The fourth-order valence-electron chi connectivity index (χ4n) is 4.11. The molecule has 4 rings (SSSR count). The van der Waals surface area contributed by atoms with Gasteiger partial charge in [-0.05, 0) is 69.4 Å². The Morgan fingerprint density at radius 2 is 1.81 bits per heavy atom. The van der Waals surface area contributed by atoms with Crippen LogP contribution in [0.5, 0.6) is 5.75 Å². The van der Waals surface area contributed by atoms with Gasteiger partial charge in [0.15, 0.2) is 5.75 Å². The van der Waals surface area contributed by atoms with Gasteiger partial charge in [0.2, 0.25) is 0 Å². The third-order valence-corrected chi connectivity index (χ3v) is 5.94. The van der Waals surface area contributed by atoms with Crippen molar-refractivity contribution < 1.29 is 14.6 Å². The van der Waals surface area contributed by atoms with E-state index >= 15 is 0 Å². The maximum atomic E-state index is 12.2. The largest absolute Gasteiger partial charge is 0.505 e. The molecule has 0 atom stereocenters. The summed E-state index contributed by atoms with van der Waals surface area (Å²) in [7, 11) is 2.08. The topological polar surface area (TPSA) is 104 Å². The molecule has 1 heterocycles. The molecule has 0 aliphatic rings. The summed E-state index contributed by atoms with van der Waals surface area (Å²) < 4.78 is 5.11. The summed E-state index contributed by atoms with van der Waals surface area (Å²) in [6, 6.07) is 22.9. The number of carbonyl (C=O) groups excluding carboxylic acids is 1. The van der Waals surface area contributed by atoms with Gasteiger partial charge in [0.05, 0.1) is 29.1 Å². The van der Waals surface area contributed by atoms with Crippen molar-refractivity contribution in [1.29, 1.82) is 0 Å². The lowest BCUT2D eigenvalue weighted by Gasteiger charge is -2.16. The Hall–Kier alpha value is -3.94. The number of fused-ring (bicyclic) bond motifs is 1. The summed E-state index contributed by atoms with van der Waals surface area (Å²) >= 11 is 0. The van der Waals surface area contributed by atoms with Crippen molar-refractivity contribution in [3.63, 3.8) is 0 Å². The molecule has 0 saturated carbocycles. The number of ether oxygens (including phenoxy) is 1. The van der Waals surface area contributed by atoms with Crippen molar-refractivity contribution in [3.05, 3.63) is 95.2 Å². The van der Waals surface area contributed by atoms with Crippen LogP contribution in [0.15, 0.2) is 77.8 Å². The molecule has 0 unspecified atom stereocenters. The zero-order valence-corrected chi connectivity index (χ0v) is 20.7. The highest BCUT2D eigenvalue weighted by atomic mass is 16.5. The second kappa shape index (κ2) is 11.7. The summed E-state index contributed by atoms with van der Waals surface area (Å²) in [5.74, 6) is -0.318. The first-order valence-electron chi connectivity index (χ1n) is 12.1. The summed E-state index contributed by atoms with van der Waals surface area (Å²) in [5.41, 5.74) is 10.6. The summed E-state index contributed by atoms with van der Waals surface area (Å²) in [6.45, 7) is 4.54. The lowest BCUT2D eigenvalue weighted by molar-refractivity contribution is 0.0526. The number of nitrogens with one attached hydrogen (secondary N) is 1. The van der Waals surface area contributed by atoms with Crippen LogP contribution < -0.4 is 5.73 Å². The minimum absolute atomic E-state index is 0.0844. The van der Waals surface area contributed by atoms with Crippen LogP contribution in [0, 0.1) is 0 Å². The third kappa shape index (κ3) is 5.82. The normalized spacial score (nSPS) is 11.8. The molecule has 0 aliphatic carbocycles. The van der Waals surface area contributed by atoms with Gasteiger partial charge in [-0.25, -0.2) is 9.79 Å². The molecular weight excluding hydrogens is 452 g/mol. The van der Waals surface area contributed by atoms with Crippen molar-refractivity contribution in [3.8, 4) is 5.75 Å². The van der Waals surface area contributed by atoms with Gasteiger partial charge in [0, 0.05) is 17.5 Å². The number of aliphatic imine (C=N–C) groups is 1. The fourth-order valence-corrected chi connectivity index (χ4v) is 4.11. The summed E-state index contributed by atoms with van der Waals surface area (Å²) in [6.07, 6.45) is 0.967. The van der Waals surface area contributed by atoms with Gasteiger partial charge in [-0.1, -0.05) is 42.5 Å². The number of aromatic amines is 1. The molecule has 0 aliphatic heterocycles. The van der Waals surface area contributed by atoms with Crippen LogP contribution >= 0.6 is 0 Å². The van der Waals surface area contributed by atoms with E-state index in [-0.39, 0.29) is 5.75 Å². The first-order chi connectivity index (χ1) is 17.5. The molecule has 36 heavy (non-hydrogen) atoms.